The van der Waals surface area contributed by atoms with Crippen molar-refractivity contribution in [2.24, 2.45) is 5.92 Å². The molecule has 1 amide bonds. The zero-order valence-electron chi connectivity index (χ0n) is 14.9. The molecule has 3 rings (SSSR count). The molecule has 1 N–H and O–H groups in total. The van der Waals surface area contributed by atoms with Crippen molar-refractivity contribution in [3.63, 3.8) is 0 Å². The summed E-state index contributed by atoms with van der Waals surface area (Å²) in [5, 5.41) is 7.76. The second-order valence-corrected chi connectivity index (χ2v) is 6.92. The van der Waals surface area contributed by atoms with Crippen LogP contribution in [0.15, 0.2) is 24.4 Å². The molecule has 1 atom stereocenters. The molecule has 0 saturated heterocycles. The van der Waals surface area contributed by atoms with Crippen LogP contribution in [-0.4, -0.2) is 20.7 Å². The zero-order chi connectivity index (χ0) is 17.3. The fraction of sp³-hybridized carbons (Fsp3) is 0.526. The molecule has 2 aromatic rings. The van der Waals surface area contributed by atoms with Gasteiger partial charge < -0.3 is 5.32 Å². The van der Waals surface area contributed by atoms with Crippen molar-refractivity contribution < 1.29 is 4.79 Å². The lowest BCUT2D eigenvalue weighted by Gasteiger charge is -2.19. The lowest BCUT2D eigenvalue weighted by Crippen LogP contribution is -2.32. The standard InChI is InChI=1S/C19H26N4O/c1-5-23-16(11-15(22-23)12(2)3)19(24)21-18(14-8-9-14)17-13(4)7-6-10-20-17/h6-7,10-12,14,18H,5,8-9H2,1-4H3,(H,21,24)/t18-/m0/s1. The molecule has 5 nitrogen and oxygen atoms in total. The predicted molar refractivity (Wildman–Crippen MR) is 93.9 cm³/mol. The number of amides is 1. The third kappa shape index (κ3) is 3.35. The van der Waals surface area contributed by atoms with E-state index in [1.807, 2.05) is 19.1 Å². The van der Waals surface area contributed by atoms with E-state index in [2.05, 4.69) is 42.2 Å². The minimum atomic E-state index is -0.0572. The third-order valence-electron chi connectivity index (χ3n) is 4.65. The van der Waals surface area contributed by atoms with Gasteiger partial charge >= 0.3 is 0 Å². The molecule has 1 aliphatic carbocycles. The van der Waals surface area contributed by atoms with Crippen molar-refractivity contribution >= 4 is 5.91 Å². The Morgan fingerprint density at radius 1 is 1.42 bits per heavy atom. The molecule has 0 aliphatic heterocycles. The van der Waals surface area contributed by atoms with Gasteiger partial charge in [-0.05, 0) is 56.2 Å². The van der Waals surface area contributed by atoms with Crippen molar-refractivity contribution in [1.29, 1.82) is 0 Å². The van der Waals surface area contributed by atoms with Gasteiger partial charge in [0.15, 0.2) is 0 Å². The molecular weight excluding hydrogens is 300 g/mol. The van der Waals surface area contributed by atoms with Crippen LogP contribution in [0.5, 0.6) is 0 Å². The van der Waals surface area contributed by atoms with Gasteiger partial charge in [0.1, 0.15) is 5.69 Å². The Bertz CT molecular complexity index is 731. The van der Waals surface area contributed by atoms with Gasteiger partial charge in [0.05, 0.1) is 17.4 Å². The molecule has 0 radical (unpaired) electrons. The number of carbonyl (C=O) groups is 1. The number of aromatic nitrogens is 3. The van der Waals surface area contributed by atoms with Gasteiger partial charge in [0.25, 0.3) is 5.91 Å². The van der Waals surface area contributed by atoms with E-state index in [-0.39, 0.29) is 11.9 Å². The molecular formula is C19H26N4O. The molecule has 2 aromatic heterocycles. The minimum absolute atomic E-state index is 0.0126. The molecule has 5 heteroatoms. The fourth-order valence-corrected chi connectivity index (χ4v) is 3.02. The summed E-state index contributed by atoms with van der Waals surface area (Å²) in [6, 6.07) is 5.89. The first-order valence-corrected chi connectivity index (χ1v) is 8.81. The monoisotopic (exact) mass is 326 g/mol. The van der Waals surface area contributed by atoms with Crippen LogP contribution >= 0.6 is 0 Å². The van der Waals surface area contributed by atoms with E-state index >= 15 is 0 Å². The van der Waals surface area contributed by atoms with E-state index in [9.17, 15) is 4.79 Å². The Morgan fingerprint density at radius 3 is 2.75 bits per heavy atom. The summed E-state index contributed by atoms with van der Waals surface area (Å²) in [6.45, 7) is 8.93. The number of hydrogen-bond donors (Lipinski definition) is 1. The van der Waals surface area contributed by atoms with Gasteiger partial charge in [-0.2, -0.15) is 5.10 Å². The average Bonchev–Trinajstić information content (AvgIpc) is 3.30. The first kappa shape index (κ1) is 16.7. The maximum Gasteiger partial charge on any atom is 0.270 e. The SMILES string of the molecule is CCn1nc(C(C)C)cc1C(=O)N[C@H](c1ncccc1C)C1CC1. The molecule has 24 heavy (non-hydrogen) atoms. The Morgan fingerprint density at radius 2 is 2.17 bits per heavy atom. The van der Waals surface area contributed by atoms with Crippen molar-refractivity contribution in [3.05, 3.63) is 47.0 Å². The van der Waals surface area contributed by atoms with E-state index in [1.165, 1.54) is 0 Å². The summed E-state index contributed by atoms with van der Waals surface area (Å²) in [5.74, 6) is 0.741. The van der Waals surface area contributed by atoms with Crippen LogP contribution in [-0.2, 0) is 6.54 Å². The highest BCUT2D eigenvalue weighted by Crippen LogP contribution is 2.41. The second-order valence-electron chi connectivity index (χ2n) is 6.92. The van der Waals surface area contributed by atoms with Crippen LogP contribution in [0.25, 0.3) is 0 Å². The molecule has 0 bridgehead atoms. The minimum Gasteiger partial charge on any atom is -0.342 e. The third-order valence-corrected chi connectivity index (χ3v) is 4.65. The van der Waals surface area contributed by atoms with Crippen LogP contribution in [0, 0.1) is 12.8 Å². The lowest BCUT2D eigenvalue weighted by atomic mass is 10.0. The number of nitrogens with zero attached hydrogens (tertiary/aromatic N) is 3. The van der Waals surface area contributed by atoms with E-state index in [0.29, 0.717) is 24.1 Å². The fourth-order valence-electron chi connectivity index (χ4n) is 3.02. The Balaban J connectivity index is 1.86. The van der Waals surface area contributed by atoms with Gasteiger partial charge in [-0.1, -0.05) is 19.9 Å². The van der Waals surface area contributed by atoms with Crippen LogP contribution in [0.1, 0.15) is 73.0 Å². The summed E-state index contributed by atoms with van der Waals surface area (Å²) < 4.78 is 1.79. The van der Waals surface area contributed by atoms with Crippen molar-refractivity contribution in [2.75, 3.05) is 0 Å². The van der Waals surface area contributed by atoms with Gasteiger partial charge in [-0.3, -0.25) is 14.5 Å². The van der Waals surface area contributed by atoms with Crippen LogP contribution in [0.2, 0.25) is 0 Å². The lowest BCUT2D eigenvalue weighted by molar-refractivity contribution is 0.0919. The number of pyridine rings is 1. The number of hydrogen-bond acceptors (Lipinski definition) is 3. The second kappa shape index (κ2) is 6.75. The Hall–Kier alpha value is -2.17. The molecule has 1 aliphatic rings. The number of aryl methyl sites for hydroxylation is 2. The zero-order valence-corrected chi connectivity index (χ0v) is 14.9. The van der Waals surface area contributed by atoms with E-state index < -0.39 is 0 Å². The smallest absolute Gasteiger partial charge is 0.270 e. The van der Waals surface area contributed by atoms with Crippen molar-refractivity contribution in [2.45, 2.75) is 59.0 Å². The number of carbonyl (C=O) groups excluding carboxylic acids is 1. The first-order valence-electron chi connectivity index (χ1n) is 8.81. The maximum absolute atomic E-state index is 12.9. The average molecular weight is 326 g/mol. The molecule has 128 valence electrons. The summed E-state index contributed by atoms with van der Waals surface area (Å²) in [4.78, 5) is 17.4. The van der Waals surface area contributed by atoms with E-state index in [0.717, 1.165) is 29.8 Å². The molecule has 0 spiro atoms. The Labute approximate surface area is 143 Å². The molecule has 0 unspecified atom stereocenters. The van der Waals surface area contributed by atoms with Crippen LogP contribution < -0.4 is 5.32 Å². The molecule has 1 saturated carbocycles. The van der Waals surface area contributed by atoms with Crippen LogP contribution in [0.3, 0.4) is 0 Å². The summed E-state index contributed by atoms with van der Waals surface area (Å²) in [6.07, 6.45) is 4.09. The molecule has 2 heterocycles. The van der Waals surface area contributed by atoms with Crippen LogP contribution in [0.4, 0.5) is 0 Å². The number of nitrogens with one attached hydrogen (secondary N) is 1. The van der Waals surface area contributed by atoms with Gasteiger partial charge in [0.2, 0.25) is 0 Å². The van der Waals surface area contributed by atoms with Gasteiger partial charge in [-0.25, -0.2) is 0 Å². The van der Waals surface area contributed by atoms with Gasteiger partial charge in [-0.15, -0.1) is 0 Å². The Kier molecular flexibility index (Phi) is 4.69. The van der Waals surface area contributed by atoms with Gasteiger partial charge in [0, 0.05) is 12.7 Å². The summed E-state index contributed by atoms with van der Waals surface area (Å²) >= 11 is 0. The molecule has 1 fully saturated rings. The highest BCUT2D eigenvalue weighted by atomic mass is 16.2. The topological polar surface area (TPSA) is 59.8 Å². The summed E-state index contributed by atoms with van der Waals surface area (Å²) in [5.41, 5.74) is 3.71. The highest BCUT2D eigenvalue weighted by molar-refractivity contribution is 5.93. The maximum atomic E-state index is 12.9. The largest absolute Gasteiger partial charge is 0.342 e. The first-order chi connectivity index (χ1) is 11.5. The molecule has 0 aromatic carbocycles. The number of rotatable bonds is 6. The van der Waals surface area contributed by atoms with E-state index in [1.54, 1.807) is 10.9 Å². The van der Waals surface area contributed by atoms with Crippen molar-refractivity contribution in [1.82, 2.24) is 20.1 Å². The highest BCUT2D eigenvalue weighted by Gasteiger charge is 2.35. The van der Waals surface area contributed by atoms with E-state index in [4.69, 9.17) is 0 Å². The normalized spacial score (nSPS) is 15.5. The predicted octanol–water partition coefficient (Wildman–Crippen LogP) is 3.61. The quantitative estimate of drug-likeness (QED) is 0.882. The summed E-state index contributed by atoms with van der Waals surface area (Å²) in [7, 11) is 0. The van der Waals surface area contributed by atoms with Crippen molar-refractivity contribution in [3.8, 4) is 0 Å².